The highest BCUT2D eigenvalue weighted by Crippen LogP contribution is 2.36. The van der Waals surface area contributed by atoms with E-state index in [-0.39, 0.29) is 18.0 Å². The van der Waals surface area contributed by atoms with Crippen molar-refractivity contribution in [3.05, 3.63) is 93.0 Å². The number of phenols is 1. The van der Waals surface area contributed by atoms with Crippen molar-refractivity contribution in [3.63, 3.8) is 0 Å². The summed E-state index contributed by atoms with van der Waals surface area (Å²) in [6, 6.07) is 20.0. The SMILES string of the molecule is CCOc1ccc(C2=N[C@@H](c3ccc(C)cc3C)N[C@@H](c3cc(Br)ccc3O)C2)cc1. The fourth-order valence-electron chi connectivity index (χ4n) is 4.09. The van der Waals surface area contributed by atoms with Crippen molar-refractivity contribution in [2.45, 2.75) is 39.4 Å². The average Bonchev–Trinajstić information content (AvgIpc) is 2.76. The van der Waals surface area contributed by atoms with Gasteiger partial charge in [-0.1, -0.05) is 39.7 Å². The van der Waals surface area contributed by atoms with Crippen molar-refractivity contribution in [3.8, 4) is 11.5 Å². The molecular weight excluding hydrogens is 452 g/mol. The van der Waals surface area contributed by atoms with Crippen molar-refractivity contribution in [2.24, 2.45) is 4.99 Å². The molecule has 0 aliphatic carbocycles. The second kappa shape index (κ2) is 9.25. The van der Waals surface area contributed by atoms with Gasteiger partial charge in [0.1, 0.15) is 17.7 Å². The summed E-state index contributed by atoms with van der Waals surface area (Å²) in [5.74, 6) is 1.14. The quantitative estimate of drug-likeness (QED) is 0.446. The van der Waals surface area contributed by atoms with E-state index in [0.717, 1.165) is 32.6 Å². The molecule has 0 saturated heterocycles. The summed E-state index contributed by atoms with van der Waals surface area (Å²) in [6.45, 7) is 6.84. The number of aryl methyl sites for hydroxylation is 2. The molecule has 1 aliphatic rings. The van der Waals surface area contributed by atoms with Gasteiger partial charge >= 0.3 is 0 Å². The Labute approximate surface area is 192 Å². The lowest BCUT2D eigenvalue weighted by Crippen LogP contribution is -2.33. The van der Waals surface area contributed by atoms with E-state index < -0.39 is 0 Å². The van der Waals surface area contributed by atoms with Crippen molar-refractivity contribution < 1.29 is 9.84 Å². The number of aliphatic imine (C=N–C) groups is 1. The number of halogens is 1. The van der Waals surface area contributed by atoms with Crippen molar-refractivity contribution in [1.29, 1.82) is 0 Å². The van der Waals surface area contributed by atoms with Gasteiger partial charge < -0.3 is 9.84 Å². The minimum atomic E-state index is -0.195. The van der Waals surface area contributed by atoms with E-state index in [4.69, 9.17) is 9.73 Å². The molecule has 2 atom stereocenters. The molecule has 31 heavy (non-hydrogen) atoms. The smallest absolute Gasteiger partial charge is 0.126 e. The molecule has 0 spiro atoms. The Morgan fingerprint density at radius 1 is 1.03 bits per heavy atom. The second-order valence-electron chi connectivity index (χ2n) is 7.92. The zero-order chi connectivity index (χ0) is 22.0. The van der Waals surface area contributed by atoms with Crippen molar-refractivity contribution >= 4 is 21.6 Å². The Morgan fingerprint density at radius 2 is 1.81 bits per heavy atom. The molecule has 0 aromatic heterocycles. The van der Waals surface area contributed by atoms with Gasteiger partial charge in [-0.3, -0.25) is 10.3 Å². The standard InChI is InChI=1S/C26H27BrN2O2/c1-4-31-20-9-6-18(7-10-20)23-15-24(22-14-19(27)8-12-25(22)30)29-26(28-23)21-11-5-16(2)13-17(21)3/h5-14,24,26,29-30H,4,15H2,1-3H3/t24-,26-/m1/s1. The summed E-state index contributed by atoms with van der Waals surface area (Å²) in [4.78, 5) is 5.09. The molecule has 5 heteroatoms. The number of ether oxygens (including phenoxy) is 1. The Hall–Kier alpha value is -2.63. The molecule has 3 aromatic rings. The number of benzene rings is 3. The van der Waals surface area contributed by atoms with Gasteiger partial charge in [0, 0.05) is 28.2 Å². The van der Waals surface area contributed by atoms with Crippen molar-refractivity contribution in [1.82, 2.24) is 5.32 Å². The average molecular weight is 479 g/mol. The Balaban J connectivity index is 1.75. The van der Waals surface area contributed by atoms with E-state index in [0.29, 0.717) is 13.0 Å². The highest BCUT2D eigenvalue weighted by Gasteiger charge is 2.28. The van der Waals surface area contributed by atoms with Crippen LogP contribution in [0.2, 0.25) is 0 Å². The number of aromatic hydroxyl groups is 1. The van der Waals surface area contributed by atoms with Crippen LogP contribution in [-0.2, 0) is 0 Å². The molecule has 3 aromatic carbocycles. The molecule has 0 unspecified atom stereocenters. The van der Waals surface area contributed by atoms with E-state index >= 15 is 0 Å². The number of nitrogens with zero attached hydrogens (tertiary/aromatic N) is 1. The predicted molar refractivity (Wildman–Crippen MR) is 129 cm³/mol. The molecular formula is C26H27BrN2O2. The Morgan fingerprint density at radius 3 is 2.52 bits per heavy atom. The molecule has 0 saturated carbocycles. The molecule has 1 aliphatic heterocycles. The fourth-order valence-corrected chi connectivity index (χ4v) is 4.47. The van der Waals surface area contributed by atoms with Crippen LogP contribution in [0.5, 0.6) is 11.5 Å². The first kappa shape index (κ1) is 21.6. The first-order valence-electron chi connectivity index (χ1n) is 10.6. The second-order valence-corrected chi connectivity index (χ2v) is 8.84. The van der Waals surface area contributed by atoms with Crippen LogP contribution < -0.4 is 10.1 Å². The van der Waals surface area contributed by atoms with Gasteiger partial charge in [0.05, 0.1) is 6.61 Å². The van der Waals surface area contributed by atoms with Crippen LogP contribution in [0.15, 0.2) is 70.1 Å². The van der Waals surface area contributed by atoms with E-state index in [1.54, 1.807) is 6.07 Å². The summed E-state index contributed by atoms with van der Waals surface area (Å²) in [5, 5.41) is 14.2. The van der Waals surface area contributed by atoms with E-state index in [1.807, 2.05) is 31.2 Å². The molecule has 4 nitrogen and oxygen atoms in total. The molecule has 2 N–H and O–H groups in total. The van der Waals surface area contributed by atoms with E-state index in [1.165, 1.54) is 11.1 Å². The molecule has 4 rings (SSSR count). The van der Waals surface area contributed by atoms with Crippen LogP contribution in [0.3, 0.4) is 0 Å². The summed E-state index contributed by atoms with van der Waals surface area (Å²) in [7, 11) is 0. The molecule has 0 fully saturated rings. The number of nitrogens with one attached hydrogen (secondary N) is 1. The lowest BCUT2D eigenvalue weighted by Gasteiger charge is -2.31. The first-order chi connectivity index (χ1) is 14.9. The minimum absolute atomic E-state index is 0.0673. The molecule has 1 heterocycles. The van der Waals surface area contributed by atoms with Crippen LogP contribution >= 0.6 is 15.9 Å². The third-order valence-electron chi connectivity index (χ3n) is 5.62. The number of hydrogen-bond acceptors (Lipinski definition) is 4. The molecule has 0 amide bonds. The van der Waals surface area contributed by atoms with Crippen LogP contribution in [0, 0.1) is 13.8 Å². The van der Waals surface area contributed by atoms with Crippen LogP contribution in [0.25, 0.3) is 0 Å². The maximum atomic E-state index is 10.6. The first-order valence-corrected chi connectivity index (χ1v) is 11.4. The number of rotatable bonds is 5. The van der Waals surface area contributed by atoms with Gasteiger partial charge in [0.25, 0.3) is 0 Å². The maximum Gasteiger partial charge on any atom is 0.126 e. The zero-order valence-electron chi connectivity index (χ0n) is 18.0. The van der Waals surface area contributed by atoms with Crippen LogP contribution in [0.1, 0.15) is 53.4 Å². The lowest BCUT2D eigenvalue weighted by atomic mass is 9.92. The van der Waals surface area contributed by atoms with Gasteiger partial charge in [-0.15, -0.1) is 0 Å². The van der Waals surface area contributed by atoms with Gasteiger partial charge in [-0.05, 0) is 79.9 Å². The lowest BCUT2D eigenvalue weighted by molar-refractivity contribution is 0.340. The highest BCUT2D eigenvalue weighted by molar-refractivity contribution is 9.10. The normalized spacial score (nSPS) is 18.5. The highest BCUT2D eigenvalue weighted by atomic mass is 79.9. The van der Waals surface area contributed by atoms with E-state index in [2.05, 4.69) is 65.4 Å². The third kappa shape index (κ3) is 4.83. The summed E-state index contributed by atoms with van der Waals surface area (Å²) in [6.07, 6.45) is 0.485. The summed E-state index contributed by atoms with van der Waals surface area (Å²) < 4.78 is 6.53. The third-order valence-corrected chi connectivity index (χ3v) is 6.12. The fraction of sp³-hybridized carbons (Fsp3) is 0.269. The molecule has 0 bridgehead atoms. The number of phenolic OH excluding ortho intramolecular Hbond substituents is 1. The predicted octanol–water partition coefficient (Wildman–Crippen LogP) is 6.39. The van der Waals surface area contributed by atoms with E-state index in [9.17, 15) is 5.11 Å². The zero-order valence-corrected chi connectivity index (χ0v) is 19.6. The Bertz CT molecular complexity index is 1110. The topological polar surface area (TPSA) is 53.8 Å². The molecule has 160 valence electrons. The summed E-state index contributed by atoms with van der Waals surface area (Å²) in [5.41, 5.74) is 6.52. The Kier molecular flexibility index (Phi) is 6.44. The molecule has 0 radical (unpaired) electrons. The minimum Gasteiger partial charge on any atom is -0.508 e. The van der Waals surface area contributed by atoms with Crippen LogP contribution in [0.4, 0.5) is 0 Å². The largest absolute Gasteiger partial charge is 0.508 e. The van der Waals surface area contributed by atoms with Crippen LogP contribution in [-0.4, -0.2) is 17.4 Å². The van der Waals surface area contributed by atoms with Gasteiger partial charge in [0.2, 0.25) is 0 Å². The van der Waals surface area contributed by atoms with Gasteiger partial charge in [-0.25, -0.2) is 0 Å². The van der Waals surface area contributed by atoms with Gasteiger partial charge in [-0.2, -0.15) is 0 Å². The number of hydrogen-bond donors (Lipinski definition) is 2. The maximum absolute atomic E-state index is 10.6. The van der Waals surface area contributed by atoms with Gasteiger partial charge in [0.15, 0.2) is 0 Å². The van der Waals surface area contributed by atoms with Crippen molar-refractivity contribution in [2.75, 3.05) is 6.61 Å². The summed E-state index contributed by atoms with van der Waals surface area (Å²) >= 11 is 3.54. The monoisotopic (exact) mass is 478 g/mol.